The minimum atomic E-state index is -4.52. The van der Waals surface area contributed by atoms with Crippen molar-refractivity contribution in [2.75, 3.05) is 57.3 Å². The highest BCUT2D eigenvalue weighted by molar-refractivity contribution is 7.93. The number of sulfonamides is 1. The van der Waals surface area contributed by atoms with Crippen molar-refractivity contribution in [3.05, 3.63) is 77.5 Å². The number of fused-ring (bicyclic) bond motifs is 1. The highest BCUT2D eigenvalue weighted by Crippen LogP contribution is 2.49. The minimum absolute atomic E-state index is 0.00662. The summed E-state index contributed by atoms with van der Waals surface area (Å²) in [6.07, 6.45) is 3.57. The zero-order chi connectivity index (χ0) is 33.2. The second kappa shape index (κ2) is 13.2. The van der Waals surface area contributed by atoms with Gasteiger partial charge in [0.15, 0.2) is 5.54 Å². The summed E-state index contributed by atoms with van der Waals surface area (Å²) in [5, 5.41) is 16.2. The summed E-state index contributed by atoms with van der Waals surface area (Å²) in [6.45, 7) is 6.05. The fourth-order valence-electron chi connectivity index (χ4n) is 6.63. The number of carbonyl (C=O) groups excluding carboxylic acids is 2. The van der Waals surface area contributed by atoms with Crippen LogP contribution in [0.1, 0.15) is 36.5 Å². The lowest BCUT2D eigenvalue weighted by Crippen LogP contribution is -2.61. The monoisotopic (exact) mass is 659 g/mol. The van der Waals surface area contributed by atoms with E-state index >= 15 is 0 Å². The van der Waals surface area contributed by atoms with E-state index in [9.17, 15) is 23.3 Å². The van der Waals surface area contributed by atoms with Crippen LogP contribution in [0.15, 0.2) is 65.7 Å². The summed E-state index contributed by atoms with van der Waals surface area (Å²) in [5.41, 5.74) is -1.64. The Hall–Kier alpha value is -4.71. The van der Waals surface area contributed by atoms with Crippen LogP contribution < -0.4 is 24.4 Å². The lowest BCUT2D eigenvalue weighted by Gasteiger charge is -2.41. The van der Waals surface area contributed by atoms with E-state index < -0.39 is 27.5 Å². The maximum Gasteiger partial charge on any atom is 0.318 e. The molecule has 14 heteroatoms. The molecule has 0 bridgehead atoms. The number of hydrogen-bond donors (Lipinski definition) is 2. The van der Waals surface area contributed by atoms with Gasteiger partial charge in [0.25, 0.3) is 15.9 Å². The standard InChI is InChI=1S/C33H37N7O6S/c1-3-46-30-27(5-4-14-36-30)33(37-32(42)39-19-17-38(18-20-39)24-12-15-35-16-13-24)28-21-23(22-34)6-11-29(28)40(31(33)41)47(43,44)26-9-7-25(45-2)8-10-26/h4-11,14,21,24,35H,3,12-13,15-20H2,1-2H3,(H,37,42). The van der Waals surface area contributed by atoms with Gasteiger partial charge in [-0.2, -0.15) is 9.57 Å². The van der Waals surface area contributed by atoms with Gasteiger partial charge in [-0.05, 0) is 87.5 Å². The van der Waals surface area contributed by atoms with E-state index in [0.29, 0.717) is 42.3 Å². The van der Waals surface area contributed by atoms with Crippen LogP contribution >= 0.6 is 0 Å². The summed E-state index contributed by atoms with van der Waals surface area (Å²) < 4.78 is 40.3. The molecule has 0 saturated carbocycles. The van der Waals surface area contributed by atoms with Crippen LogP contribution in [0.4, 0.5) is 10.5 Å². The number of pyridine rings is 1. The van der Waals surface area contributed by atoms with Crippen molar-refractivity contribution < 1.29 is 27.5 Å². The second-order valence-electron chi connectivity index (χ2n) is 11.6. The average molecular weight is 660 g/mol. The third-order valence-corrected chi connectivity index (χ3v) is 10.7. The first-order valence-corrected chi connectivity index (χ1v) is 17.1. The number of piperazine rings is 1. The zero-order valence-corrected chi connectivity index (χ0v) is 27.1. The Morgan fingerprint density at radius 3 is 2.47 bits per heavy atom. The van der Waals surface area contributed by atoms with Crippen LogP contribution in [0.2, 0.25) is 0 Å². The molecule has 2 saturated heterocycles. The van der Waals surface area contributed by atoms with Gasteiger partial charge in [0, 0.05) is 44.0 Å². The molecule has 0 aliphatic carbocycles. The van der Waals surface area contributed by atoms with E-state index in [-0.39, 0.29) is 39.8 Å². The number of aromatic nitrogens is 1. The molecule has 3 aliphatic rings. The Kier molecular flexibility index (Phi) is 9.05. The maximum atomic E-state index is 15.0. The van der Waals surface area contributed by atoms with E-state index in [1.54, 1.807) is 24.0 Å². The van der Waals surface area contributed by atoms with Gasteiger partial charge in [0.1, 0.15) is 5.75 Å². The Balaban J connectivity index is 1.45. The number of hydrogen-bond acceptors (Lipinski definition) is 10. The molecule has 3 aliphatic heterocycles. The maximum absolute atomic E-state index is 15.0. The Labute approximate surface area is 274 Å². The van der Waals surface area contributed by atoms with Gasteiger partial charge >= 0.3 is 6.03 Å². The molecule has 3 aromatic rings. The number of ether oxygens (including phenoxy) is 2. The smallest absolute Gasteiger partial charge is 0.318 e. The molecule has 4 heterocycles. The van der Waals surface area contributed by atoms with Crippen LogP contribution in [0, 0.1) is 11.3 Å². The van der Waals surface area contributed by atoms with Crippen molar-refractivity contribution in [2.24, 2.45) is 0 Å². The topological polar surface area (TPSA) is 157 Å². The van der Waals surface area contributed by atoms with Gasteiger partial charge in [-0.3, -0.25) is 9.69 Å². The van der Waals surface area contributed by atoms with Crippen molar-refractivity contribution >= 4 is 27.6 Å². The average Bonchev–Trinajstić information content (AvgIpc) is 3.36. The fourth-order valence-corrected chi connectivity index (χ4v) is 8.09. The van der Waals surface area contributed by atoms with E-state index in [0.717, 1.165) is 25.9 Å². The molecule has 6 rings (SSSR count). The SMILES string of the molecule is CCOc1ncccc1C1(NC(=O)N2CCN(C3CCNCC3)CC2)C(=O)N(S(=O)(=O)c2ccc(OC)cc2)c2ccc(C#N)cc21. The second-order valence-corrected chi connectivity index (χ2v) is 13.4. The highest BCUT2D eigenvalue weighted by Gasteiger charge is 2.59. The number of piperidine rings is 1. The fraction of sp³-hybridized carbons (Fsp3) is 0.394. The van der Waals surface area contributed by atoms with Gasteiger partial charge in [0.2, 0.25) is 5.88 Å². The molecule has 1 atom stereocenters. The molecule has 1 aromatic heterocycles. The number of carbonyl (C=O) groups is 2. The number of methoxy groups -OCH3 is 1. The summed E-state index contributed by atoms with van der Waals surface area (Å²) in [5.74, 6) is -0.459. The summed E-state index contributed by atoms with van der Waals surface area (Å²) in [6, 6.07) is 15.1. The quantitative estimate of drug-likeness (QED) is 0.368. The first-order chi connectivity index (χ1) is 22.7. The number of nitriles is 1. The van der Waals surface area contributed by atoms with Gasteiger partial charge in [-0.25, -0.2) is 18.2 Å². The summed E-state index contributed by atoms with van der Waals surface area (Å²) >= 11 is 0. The summed E-state index contributed by atoms with van der Waals surface area (Å²) in [4.78, 5) is 37.4. The Morgan fingerprint density at radius 2 is 1.81 bits per heavy atom. The molecule has 2 aromatic carbocycles. The lowest BCUT2D eigenvalue weighted by molar-refractivity contribution is -0.121. The van der Waals surface area contributed by atoms with Crippen molar-refractivity contribution in [1.82, 2.24) is 25.4 Å². The molecular weight excluding hydrogens is 622 g/mol. The van der Waals surface area contributed by atoms with Crippen molar-refractivity contribution in [1.29, 1.82) is 5.26 Å². The van der Waals surface area contributed by atoms with E-state index in [1.165, 1.54) is 55.8 Å². The van der Waals surface area contributed by atoms with E-state index in [2.05, 4.69) is 26.6 Å². The third-order valence-electron chi connectivity index (χ3n) is 9.03. The Bertz CT molecular complexity index is 1800. The Morgan fingerprint density at radius 1 is 1.09 bits per heavy atom. The number of nitrogens with zero attached hydrogens (tertiary/aromatic N) is 5. The van der Waals surface area contributed by atoms with Gasteiger partial charge in [0.05, 0.1) is 41.5 Å². The van der Waals surface area contributed by atoms with Crippen molar-refractivity contribution in [3.63, 3.8) is 0 Å². The van der Waals surface area contributed by atoms with Crippen molar-refractivity contribution in [3.8, 4) is 17.7 Å². The number of urea groups is 1. The lowest BCUT2D eigenvalue weighted by atomic mass is 9.83. The molecule has 2 N–H and O–H groups in total. The molecule has 0 spiro atoms. The summed E-state index contributed by atoms with van der Waals surface area (Å²) in [7, 11) is -3.06. The zero-order valence-electron chi connectivity index (χ0n) is 26.3. The molecule has 47 heavy (non-hydrogen) atoms. The van der Waals surface area contributed by atoms with Gasteiger partial charge in [-0.1, -0.05) is 0 Å². The van der Waals surface area contributed by atoms with Crippen molar-refractivity contribution in [2.45, 2.75) is 36.2 Å². The highest BCUT2D eigenvalue weighted by atomic mass is 32.2. The number of amides is 3. The molecule has 13 nitrogen and oxygen atoms in total. The minimum Gasteiger partial charge on any atom is -0.497 e. The number of nitrogens with one attached hydrogen (secondary N) is 2. The number of rotatable bonds is 8. The predicted octanol–water partition coefficient (Wildman–Crippen LogP) is 2.42. The number of benzene rings is 2. The molecule has 2 fully saturated rings. The van der Waals surface area contributed by atoms with Crippen LogP contribution in [0.25, 0.3) is 0 Å². The first kappa shape index (κ1) is 32.2. The van der Waals surface area contributed by atoms with Crippen LogP contribution in [-0.4, -0.2) is 94.2 Å². The third kappa shape index (κ3) is 5.75. The number of anilines is 1. The van der Waals surface area contributed by atoms with E-state index in [4.69, 9.17) is 9.47 Å². The van der Waals surface area contributed by atoms with Crippen LogP contribution in [0.5, 0.6) is 11.6 Å². The molecule has 1 unspecified atom stereocenters. The molecular formula is C33H37N7O6S. The normalized spacial score (nSPS) is 20.4. The molecule has 0 radical (unpaired) electrons. The van der Waals surface area contributed by atoms with E-state index in [1.807, 2.05) is 0 Å². The predicted molar refractivity (Wildman–Crippen MR) is 173 cm³/mol. The largest absolute Gasteiger partial charge is 0.497 e. The van der Waals surface area contributed by atoms with Crippen LogP contribution in [0.3, 0.4) is 0 Å². The van der Waals surface area contributed by atoms with Crippen LogP contribution in [-0.2, 0) is 20.4 Å². The molecule has 3 amide bonds. The van der Waals surface area contributed by atoms with Gasteiger partial charge < -0.3 is 25.0 Å². The first-order valence-electron chi connectivity index (χ1n) is 15.6. The molecule has 246 valence electrons. The van der Waals surface area contributed by atoms with Gasteiger partial charge in [-0.15, -0.1) is 0 Å².